The van der Waals surface area contributed by atoms with Crippen molar-refractivity contribution in [3.05, 3.63) is 113 Å². The lowest BCUT2D eigenvalue weighted by Gasteiger charge is -2.34. The van der Waals surface area contributed by atoms with Crippen molar-refractivity contribution in [1.29, 1.82) is 0 Å². The van der Waals surface area contributed by atoms with E-state index in [0.717, 1.165) is 50.2 Å². The maximum Gasteiger partial charge on any atom is 0.416 e. The minimum Gasteiger partial charge on any atom is -0.378 e. The molecule has 2 amide bonds. The summed E-state index contributed by atoms with van der Waals surface area (Å²) in [5, 5.41) is 9.61. The van der Waals surface area contributed by atoms with Gasteiger partial charge < -0.3 is 30.5 Å². The fourth-order valence-electron chi connectivity index (χ4n) is 6.94. The average molecular weight is 753 g/mol. The number of hydrogen-bond donors (Lipinski definition) is 3. The molecule has 286 valence electrons. The van der Waals surface area contributed by atoms with E-state index in [1.54, 1.807) is 37.3 Å². The summed E-state index contributed by atoms with van der Waals surface area (Å²) in [7, 11) is 0. The van der Waals surface area contributed by atoms with Crippen LogP contribution in [0.4, 0.5) is 41.7 Å². The second kappa shape index (κ2) is 16.4. The van der Waals surface area contributed by atoms with Gasteiger partial charge in [0.25, 0.3) is 11.8 Å². The number of halogens is 3. The van der Waals surface area contributed by atoms with E-state index in [0.29, 0.717) is 65.5 Å². The molecule has 3 N–H and O–H groups in total. The number of morpholine rings is 1. The van der Waals surface area contributed by atoms with Crippen molar-refractivity contribution in [2.45, 2.75) is 26.6 Å². The summed E-state index contributed by atoms with van der Waals surface area (Å²) in [6, 6.07) is 21.9. The molecule has 4 aromatic carbocycles. The van der Waals surface area contributed by atoms with E-state index in [1.807, 2.05) is 35.2 Å². The monoisotopic (exact) mass is 752 g/mol. The molecule has 14 heteroatoms. The Morgan fingerprint density at radius 3 is 2.25 bits per heavy atom. The number of alkyl halides is 3. The van der Waals surface area contributed by atoms with Gasteiger partial charge in [-0.1, -0.05) is 25.1 Å². The lowest BCUT2D eigenvalue weighted by Crippen LogP contribution is -2.45. The number of benzene rings is 4. The lowest BCUT2D eigenvalue weighted by molar-refractivity contribution is -0.138. The second-order valence-electron chi connectivity index (χ2n) is 13.7. The summed E-state index contributed by atoms with van der Waals surface area (Å²) in [6.07, 6.45) is -3.23. The molecular formula is C41H43F3N8O3. The van der Waals surface area contributed by atoms with Gasteiger partial charge in [0.15, 0.2) is 0 Å². The fraction of sp³-hybridized carbons (Fsp3) is 0.317. The molecule has 2 fully saturated rings. The molecule has 2 aliphatic heterocycles. The van der Waals surface area contributed by atoms with E-state index in [-0.39, 0.29) is 17.7 Å². The summed E-state index contributed by atoms with van der Waals surface area (Å²) in [6.45, 7) is 11.0. The molecular weight excluding hydrogens is 709 g/mol. The van der Waals surface area contributed by atoms with Crippen LogP contribution in [0.1, 0.15) is 44.3 Å². The van der Waals surface area contributed by atoms with E-state index in [2.05, 4.69) is 42.6 Å². The highest BCUT2D eigenvalue weighted by molar-refractivity contribution is 6.13. The predicted molar refractivity (Wildman–Crippen MR) is 208 cm³/mol. The SMILES string of the molecule is CCN1CCN(Cc2ccc(C(=O)Nc3ccc(C)c(NC(=O)c4cccc5c(Nc6ccc(N7CCOCC7)cc6)ncnc45)c3)cc2C(F)(F)F)CC1. The number of fused-ring (bicyclic) bond motifs is 1. The smallest absolute Gasteiger partial charge is 0.378 e. The summed E-state index contributed by atoms with van der Waals surface area (Å²) in [5.41, 5.74) is 3.32. The molecule has 0 aliphatic carbocycles. The van der Waals surface area contributed by atoms with Crippen molar-refractivity contribution >= 4 is 51.3 Å². The van der Waals surface area contributed by atoms with Crippen LogP contribution < -0.4 is 20.9 Å². The second-order valence-corrected chi connectivity index (χ2v) is 13.7. The van der Waals surface area contributed by atoms with Crippen LogP contribution in [0.15, 0.2) is 85.2 Å². The van der Waals surface area contributed by atoms with Crippen LogP contribution >= 0.6 is 0 Å². The summed E-state index contributed by atoms with van der Waals surface area (Å²) in [4.78, 5) is 42.4. The van der Waals surface area contributed by atoms with Gasteiger partial charge in [-0.3, -0.25) is 14.5 Å². The molecule has 55 heavy (non-hydrogen) atoms. The first-order valence-corrected chi connectivity index (χ1v) is 18.4. The van der Waals surface area contributed by atoms with Crippen LogP contribution in [-0.4, -0.2) is 90.6 Å². The Bertz CT molecular complexity index is 2170. The number of aryl methyl sites for hydroxylation is 1. The molecule has 0 bridgehead atoms. The van der Waals surface area contributed by atoms with Crippen LogP contribution in [-0.2, 0) is 17.5 Å². The number of rotatable bonds is 10. The minimum absolute atomic E-state index is 0.120. The fourth-order valence-corrected chi connectivity index (χ4v) is 6.94. The number of hydrogen-bond acceptors (Lipinski definition) is 9. The van der Waals surface area contributed by atoms with Crippen LogP contribution in [0.25, 0.3) is 10.9 Å². The Balaban J connectivity index is 1.04. The van der Waals surface area contributed by atoms with Gasteiger partial charge in [0, 0.05) is 79.5 Å². The minimum atomic E-state index is -4.63. The van der Waals surface area contributed by atoms with Crippen molar-refractivity contribution in [2.24, 2.45) is 0 Å². The molecule has 3 heterocycles. The van der Waals surface area contributed by atoms with E-state index < -0.39 is 23.6 Å². The number of likely N-dealkylation sites (N-methyl/N-ethyl adjacent to an activating group) is 1. The molecule has 2 aliphatic rings. The van der Waals surface area contributed by atoms with Gasteiger partial charge in [0.2, 0.25) is 0 Å². The number of amides is 2. The van der Waals surface area contributed by atoms with Gasteiger partial charge in [-0.2, -0.15) is 13.2 Å². The summed E-state index contributed by atoms with van der Waals surface area (Å²) >= 11 is 0. The molecule has 0 saturated carbocycles. The number of ether oxygens (including phenoxy) is 1. The van der Waals surface area contributed by atoms with Crippen LogP contribution in [0.3, 0.4) is 0 Å². The topological polar surface area (TPSA) is 115 Å². The molecule has 2 saturated heterocycles. The van der Waals surface area contributed by atoms with Gasteiger partial charge in [-0.25, -0.2) is 9.97 Å². The van der Waals surface area contributed by atoms with E-state index in [9.17, 15) is 22.8 Å². The number of carbonyl (C=O) groups is 2. The Hall–Kier alpha value is -5.57. The first kappa shape index (κ1) is 37.7. The van der Waals surface area contributed by atoms with Crippen molar-refractivity contribution in [3.63, 3.8) is 0 Å². The van der Waals surface area contributed by atoms with Crippen molar-refractivity contribution in [1.82, 2.24) is 19.8 Å². The lowest BCUT2D eigenvalue weighted by atomic mass is 10.0. The average Bonchev–Trinajstić information content (AvgIpc) is 3.19. The Labute approximate surface area is 317 Å². The predicted octanol–water partition coefficient (Wildman–Crippen LogP) is 7.18. The molecule has 0 radical (unpaired) electrons. The molecule has 1 aromatic heterocycles. The number of piperazine rings is 1. The molecule has 0 spiro atoms. The Morgan fingerprint density at radius 2 is 1.53 bits per heavy atom. The van der Waals surface area contributed by atoms with E-state index >= 15 is 0 Å². The molecule has 0 unspecified atom stereocenters. The van der Waals surface area contributed by atoms with Crippen molar-refractivity contribution < 1.29 is 27.5 Å². The third-order valence-corrected chi connectivity index (χ3v) is 10.1. The molecule has 0 atom stereocenters. The Morgan fingerprint density at radius 1 is 0.800 bits per heavy atom. The normalized spacial score (nSPS) is 15.5. The number of para-hydroxylation sites is 1. The highest BCUT2D eigenvalue weighted by Gasteiger charge is 2.35. The highest BCUT2D eigenvalue weighted by Crippen LogP contribution is 2.34. The van der Waals surface area contributed by atoms with Gasteiger partial charge in [-0.05, 0) is 85.3 Å². The van der Waals surface area contributed by atoms with Crippen LogP contribution in [0.2, 0.25) is 0 Å². The number of anilines is 5. The molecule has 11 nitrogen and oxygen atoms in total. The zero-order valence-electron chi connectivity index (χ0n) is 30.7. The van der Waals surface area contributed by atoms with Gasteiger partial charge in [0.05, 0.1) is 29.9 Å². The third kappa shape index (κ3) is 8.88. The number of nitrogens with one attached hydrogen (secondary N) is 3. The van der Waals surface area contributed by atoms with Gasteiger partial charge in [-0.15, -0.1) is 0 Å². The van der Waals surface area contributed by atoms with Gasteiger partial charge in [0.1, 0.15) is 12.1 Å². The standard InChI is InChI=1S/C41H43F3N8O3/c1-3-50-15-17-51(18-16-50)25-29-9-8-28(23-35(29)41(42,43)44)39(53)48-31-10-7-27(2)36(24-31)49-40(54)34-6-4-5-33-37(34)45-26-46-38(33)47-30-11-13-32(14-12-30)52-19-21-55-22-20-52/h4-14,23-24,26H,3,15-22,25H2,1-2H3,(H,48,53)(H,49,54)(H,45,46,47). The zero-order chi connectivity index (χ0) is 38.5. The van der Waals surface area contributed by atoms with Crippen molar-refractivity contribution in [3.8, 4) is 0 Å². The number of nitrogens with zero attached hydrogens (tertiary/aromatic N) is 5. The van der Waals surface area contributed by atoms with E-state index in [4.69, 9.17) is 4.74 Å². The molecule has 5 aromatic rings. The van der Waals surface area contributed by atoms with Crippen LogP contribution in [0.5, 0.6) is 0 Å². The third-order valence-electron chi connectivity index (χ3n) is 10.1. The highest BCUT2D eigenvalue weighted by atomic mass is 19.4. The van der Waals surface area contributed by atoms with Crippen molar-refractivity contribution in [2.75, 3.05) is 79.9 Å². The zero-order valence-corrected chi connectivity index (χ0v) is 30.7. The summed E-state index contributed by atoms with van der Waals surface area (Å²) in [5.74, 6) is -0.592. The largest absolute Gasteiger partial charge is 0.416 e. The first-order valence-electron chi connectivity index (χ1n) is 18.4. The Kier molecular flexibility index (Phi) is 11.3. The maximum absolute atomic E-state index is 14.2. The summed E-state index contributed by atoms with van der Waals surface area (Å²) < 4.78 is 48.1. The number of aromatic nitrogens is 2. The maximum atomic E-state index is 14.2. The van der Waals surface area contributed by atoms with E-state index in [1.165, 1.54) is 18.5 Å². The van der Waals surface area contributed by atoms with Gasteiger partial charge >= 0.3 is 6.18 Å². The van der Waals surface area contributed by atoms with Crippen LogP contribution in [0, 0.1) is 6.92 Å². The first-order chi connectivity index (χ1) is 26.6. The molecule has 7 rings (SSSR count). The quantitative estimate of drug-likeness (QED) is 0.137. The number of carbonyl (C=O) groups excluding carboxylic acids is 2.